The lowest BCUT2D eigenvalue weighted by molar-refractivity contribution is -0.113. The van der Waals surface area contributed by atoms with Gasteiger partial charge < -0.3 is 15.0 Å². The molecule has 0 unspecified atom stereocenters. The maximum Gasteiger partial charge on any atom is 0.234 e. The van der Waals surface area contributed by atoms with E-state index in [0.29, 0.717) is 5.04 Å². The molecule has 0 atom stereocenters. The number of nitrogens with zero attached hydrogens (tertiary/aromatic N) is 3. The fraction of sp³-hybridized carbons (Fsp3) is 0.348. The molecule has 0 saturated carbocycles. The molecule has 0 bridgehead atoms. The largest absolute Gasteiger partial charge is 0.497 e. The zero-order valence-corrected chi connectivity index (χ0v) is 18.7. The average molecular weight is 459 g/mol. The van der Waals surface area contributed by atoms with E-state index >= 15 is 0 Å². The van der Waals surface area contributed by atoms with Crippen molar-refractivity contribution in [2.24, 2.45) is 9.98 Å². The molecular formula is C23H24F2N4O2S. The van der Waals surface area contributed by atoms with E-state index in [0.717, 1.165) is 61.2 Å². The number of amides is 1. The van der Waals surface area contributed by atoms with Crippen molar-refractivity contribution in [3.05, 3.63) is 59.7 Å². The number of aliphatic imine (C=N–C) groups is 2. The van der Waals surface area contributed by atoms with Crippen molar-refractivity contribution in [3.8, 4) is 5.75 Å². The minimum Gasteiger partial charge on any atom is -0.497 e. The molecule has 2 aromatic carbocycles. The van der Waals surface area contributed by atoms with Crippen LogP contribution in [-0.2, 0) is 4.79 Å². The highest BCUT2D eigenvalue weighted by Gasteiger charge is 2.39. The standard InChI is InChI=1S/C23H24F2N4O2S/c1-29-11-9-23(10-12-29)27-21(15-3-6-17(31-2)7-4-15)22(28-23)32-14-20(30)26-19-13-16(24)5-8-18(19)25/h3-8,13H,9-12,14H2,1-2H3,(H,26,30). The van der Waals surface area contributed by atoms with Crippen molar-refractivity contribution in [1.29, 1.82) is 0 Å². The third-order valence-corrected chi connectivity index (χ3v) is 6.49. The van der Waals surface area contributed by atoms with Gasteiger partial charge in [0.25, 0.3) is 0 Å². The third kappa shape index (κ3) is 4.99. The number of likely N-dealkylation sites (tertiary alicyclic amines) is 1. The number of ether oxygens (including phenoxy) is 1. The van der Waals surface area contributed by atoms with E-state index in [-0.39, 0.29) is 11.4 Å². The molecule has 2 aliphatic heterocycles. The van der Waals surface area contributed by atoms with Crippen LogP contribution < -0.4 is 10.1 Å². The molecule has 4 rings (SSSR count). The summed E-state index contributed by atoms with van der Waals surface area (Å²) in [6.07, 6.45) is 1.60. The smallest absolute Gasteiger partial charge is 0.234 e. The van der Waals surface area contributed by atoms with Gasteiger partial charge in [-0.15, -0.1) is 0 Å². The summed E-state index contributed by atoms with van der Waals surface area (Å²) < 4.78 is 32.5. The number of nitrogens with one attached hydrogen (secondary N) is 1. The van der Waals surface area contributed by atoms with E-state index in [9.17, 15) is 13.6 Å². The van der Waals surface area contributed by atoms with Gasteiger partial charge in [0.2, 0.25) is 5.91 Å². The highest BCUT2D eigenvalue weighted by Crippen LogP contribution is 2.35. The molecular weight excluding hydrogens is 434 g/mol. The second-order valence-electron chi connectivity index (χ2n) is 7.85. The van der Waals surface area contributed by atoms with E-state index in [1.54, 1.807) is 7.11 Å². The highest BCUT2D eigenvalue weighted by molar-refractivity contribution is 8.16. The van der Waals surface area contributed by atoms with Gasteiger partial charge in [0.05, 0.1) is 24.3 Å². The lowest BCUT2D eigenvalue weighted by Crippen LogP contribution is -2.39. The fourth-order valence-electron chi connectivity index (χ4n) is 3.67. The summed E-state index contributed by atoms with van der Waals surface area (Å²) in [5, 5.41) is 3.10. The van der Waals surface area contributed by atoms with Crippen LogP contribution in [-0.4, -0.2) is 60.2 Å². The van der Waals surface area contributed by atoms with Crippen LogP contribution in [0.3, 0.4) is 0 Å². The van der Waals surface area contributed by atoms with E-state index < -0.39 is 23.2 Å². The SMILES string of the molecule is COc1ccc(C2=NC3(CCN(C)CC3)N=C2SCC(=O)Nc2cc(F)ccc2F)cc1. The molecule has 1 spiro atoms. The van der Waals surface area contributed by atoms with Crippen molar-refractivity contribution in [2.75, 3.05) is 38.3 Å². The number of methoxy groups -OCH3 is 1. The van der Waals surface area contributed by atoms with Gasteiger partial charge in [0.15, 0.2) is 5.66 Å². The minimum absolute atomic E-state index is 0.0000554. The molecule has 1 N–H and O–H groups in total. The van der Waals surface area contributed by atoms with E-state index in [1.807, 2.05) is 24.3 Å². The van der Waals surface area contributed by atoms with Crippen LogP contribution >= 0.6 is 11.8 Å². The van der Waals surface area contributed by atoms with Gasteiger partial charge in [0.1, 0.15) is 22.4 Å². The Morgan fingerprint density at radius 1 is 1.16 bits per heavy atom. The number of benzene rings is 2. The maximum absolute atomic E-state index is 13.8. The first kappa shape index (κ1) is 22.4. The molecule has 2 aromatic rings. The Morgan fingerprint density at radius 2 is 1.88 bits per heavy atom. The number of thioether (sulfide) groups is 1. The Kier molecular flexibility index (Phi) is 6.57. The highest BCUT2D eigenvalue weighted by atomic mass is 32.2. The van der Waals surface area contributed by atoms with Gasteiger partial charge in [-0.05, 0) is 43.4 Å². The fourth-order valence-corrected chi connectivity index (χ4v) is 4.55. The van der Waals surface area contributed by atoms with Crippen molar-refractivity contribution in [1.82, 2.24) is 4.90 Å². The number of rotatable bonds is 5. The lowest BCUT2D eigenvalue weighted by Gasteiger charge is -2.33. The molecule has 0 aliphatic carbocycles. The van der Waals surface area contributed by atoms with Crippen LogP contribution in [0.4, 0.5) is 14.5 Å². The van der Waals surface area contributed by atoms with Crippen LogP contribution in [0.2, 0.25) is 0 Å². The van der Waals surface area contributed by atoms with Crippen LogP contribution in [0.25, 0.3) is 0 Å². The Balaban J connectivity index is 1.52. The molecule has 168 valence electrons. The van der Waals surface area contributed by atoms with Gasteiger partial charge >= 0.3 is 0 Å². The number of carbonyl (C=O) groups is 1. The van der Waals surface area contributed by atoms with E-state index in [4.69, 9.17) is 14.7 Å². The molecule has 2 aliphatic rings. The quantitative estimate of drug-likeness (QED) is 0.737. The van der Waals surface area contributed by atoms with Crippen molar-refractivity contribution in [2.45, 2.75) is 18.5 Å². The number of halogens is 2. The first-order valence-corrected chi connectivity index (χ1v) is 11.3. The zero-order chi connectivity index (χ0) is 22.7. The van der Waals surface area contributed by atoms with Gasteiger partial charge in [-0.2, -0.15) is 0 Å². The van der Waals surface area contributed by atoms with Crippen LogP contribution in [0.5, 0.6) is 5.75 Å². The zero-order valence-electron chi connectivity index (χ0n) is 17.9. The van der Waals surface area contributed by atoms with Crippen LogP contribution in [0.15, 0.2) is 52.4 Å². The summed E-state index contributed by atoms with van der Waals surface area (Å²) >= 11 is 1.25. The van der Waals surface area contributed by atoms with Crippen LogP contribution in [0, 0.1) is 11.6 Å². The van der Waals surface area contributed by atoms with Gasteiger partial charge in [-0.3, -0.25) is 9.79 Å². The first-order chi connectivity index (χ1) is 15.4. The summed E-state index contributed by atoms with van der Waals surface area (Å²) in [4.78, 5) is 24.6. The first-order valence-electron chi connectivity index (χ1n) is 10.3. The summed E-state index contributed by atoms with van der Waals surface area (Å²) in [7, 11) is 3.68. The van der Waals surface area contributed by atoms with E-state index in [2.05, 4.69) is 17.3 Å². The summed E-state index contributed by atoms with van der Waals surface area (Å²) in [6, 6.07) is 10.5. The van der Waals surface area contributed by atoms with Crippen molar-refractivity contribution in [3.63, 3.8) is 0 Å². The second kappa shape index (κ2) is 9.38. The number of carbonyl (C=O) groups excluding carboxylic acids is 1. The third-order valence-electron chi connectivity index (χ3n) is 5.53. The second-order valence-corrected chi connectivity index (χ2v) is 8.82. The molecule has 0 radical (unpaired) electrons. The Labute approximate surface area is 189 Å². The number of piperidine rings is 1. The monoisotopic (exact) mass is 458 g/mol. The molecule has 2 heterocycles. The molecule has 1 fully saturated rings. The number of hydrogen-bond donors (Lipinski definition) is 1. The maximum atomic E-state index is 13.8. The average Bonchev–Trinajstić information content (AvgIpc) is 3.15. The van der Waals surface area contributed by atoms with Crippen molar-refractivity contribution >= 4 is 34.1 Å². The molecule has 0 aromatic heterocycles. The van der Waals surface area contributed by atoms with Gasteiger partial charge in [-0.25, -0.2) is 13.8 Å². The molecule has 1 saturated heterocycles. The molecule has 6 nitrogen and oxygen atoms in total. The predicted molar refractivity (Wildman–Crippen MR) is 124 cm³/mol. The Hall–Kier alpha value is -2.78. The summed E-state index contributed by atoms with van der Waals surface area (Å²) in [5.41, 5.74) is 0.936. The van der Waals surface area contributed by atoms with Gasteiger partial charge in [-0.1, -0.05) is 11.8 Å². The topological polar surface area (TPSA) is 66.3 Å². The van der Waals surface area contributed by atoms with Gasteiger partial charge in [0, 0.05) is 37.6 Å². The molecule has 9 heteroatoms. The predicted octanol–water partition coefficient (Wildman–Crippen LogP) is 3.97. The minimum atomic E-state index is -0.686. The Morgan fingerprint density at radius 3 is 2.56 bits per heavy atom. The van der Waals surface area contributed by atoms with Crippen LogP contribution in [0.1, 0.15) is 18.4 Å². The summed E-state index contributed by atoms with van der Waals surface area (Å²) in [6.45, 7) is 1.78. The van der Waals surface area contributed by atoms with E-state index in [1.165, 1.54) is 11.8 Å². The number of anilines is 1. The normalized spacial score (nSPS) is 17.8. The summed E-state index contributed by atoms with van der Waals surface area (Å²) in [5.74, 6) is -1.01. The lowest BCUT2D eigenvalue weighted by atomic mass is 9.99. The Bertz CT molecular complexity index is 1060. The number of hydrogen-bond acceptors (Lipinski definition) is 6. The molecule has 1 amide bonds. The molecule has 32 heavy (non-hydrogen) atoms. The van der Waals surface area contributed by atoms with Crippen molar-refractivity contribution < 1.29 is 18.3 Å².